The van der Waals surface area contributed by atoms with E-state index in [1.54, 1.807) is 12.1 Å². The van der Waals surface area contributed by atoms with E-state index >= 15 is 0 Å². The maximum atomic E-state index is 13.2. The van der Waals surface area contributed by atoms with E-state index in [0.717, 1.165) is 25.5 Å². The van der Waals surface area contributed by atoms with Crippen LogP contribution in [0.15, 0.2) is 47.7 Å². The summed E-state index contributed by atoms with van der Waals surface area (Å²) in [6.45, 7) is 8.03. The lowest BCUT2D eigenvalue weighted by atomic mass is 10.1. The first kappa shape index (κ1) is 23.1. The number of aryl methyl sites for hydroxylation is 1. The van der Waals surface area contributed by atoms with Crippen LogP contribution in [0.5, 0.6) is 5.75 Å². The van der Waals surface area contributed by atoms with Crippen molar-refractivity contribution in [3.63, 3.8) is 0 Å². The molecule has 0 aliphatic rings. The topological polar surface area (TPSA) is 58.5 Å². The standard InChI is InChI=1S/C20H27FN4O.HI/c1-4-23-20(24-11-9-17-8-10-22-13-15(17)2)25-14-16(3)26-19-7-5-6-18(21)12-19;/h5-8,10,12-13,16H,4,9,11,14H2,1-3H3,(H2,23,24,25);1H. The normalized spacial score (nSPS) is 12.1. The molecule has 0 bridgehead atoms. The van der Waals surface area contributed by atoms with Crippen LogP contribution in [-0.4, -0.2) is 36.7 Å². The number of rotatable bonds is 8. The van der Waals surface area contributed by atoms with Gasteiger partial charge >= 0.3 is 0 Å². The van der Waals surface area contributed by atoms with Crippen LogP contribution in [0.2, 0.25) is 0 Å². The summed E-state index contributed by atoms with van der Waals surface area (Å²) in [5.41, 5.74) is 2.46. The number of nitrogens with one attached hydrogen (secondary N) is 2. The lowest BCUT2D eigenvalue weighted by Gasteiger charge is -2.15. The first-order valence-electron chi connectivity index (χ1n) is 8.92. The zero-order valence-corrected chi connectivity index (χ0v) is 18.4. The molecule has 148 valence electrons. The monoisotopic (exact) mass is 486 g/mol. The summed E-state index contributed by atoms with van der Waals surface area (Å²) in [7, 11) is 0. The number of halogens is 2. The third kappa shape index (κ3) is 8.55. The minimum absolute atomic E-state index is 0. The zero-order chi connectivity index (χ0) is 18.8. The van der Waals surface area contributed by atoms with E-state index in [2.05, 4.69) is 27.5 Å². The third-order valence-electron chi connectivity index (χ3n) is 3.81. The van der Waals surface area contributed by atoms with E-state index in [9.17, 15) is 4.39 Å². The molecule has 0 fully saturated rings. The van der Waals surface area contributed by atoms with Gasteiger partial charge in [0.25, 0.3) is 0 Å². The van der Waals surface area contributed by atoms with Crippen molar-refractivity contribution in [1.82, 2.24) is 15.6 Å². The number of hydrogen-bond donors (Lipinski definition) is 2. The van der Waals surface area contributed by atoms with Crippen molar-refractivity contribution in [3.8, 4) is 5.75 Å². The molecule has 0 spiro atoms. The average Bonchev–Trinajstić information content (AvgIpc) is 2.61. The lowest BCUT2D eigenvalue weighted by Crippen LogP contribution is -2.39. The number of hydrogen-bond acceptors (Lipinski definition) is 3. The number of ether oxygens (including phenoxy) is 1. The quantitative estimate of drug-likeness (QED) is 0.340. The number of aromatic nitrogens is 1. The molecule has 0 saturated heterocycles. The van der Waals surface area contributed by atoms with Crippen LogP contribution in [0.1, 0.15) is 25.0 Å². The molecular weight excluding hydrogens is 458 g/mol. The molecule has 0 saturated carbocycles. The fourth-order valence-corrected chi connectivity index (χ4v) is 2.47. The van der Waals surface area contributed by atoms with Gasteiger partial charge in [0.1, 0.15) is 17.7 Å². The van der Waals surface area contributed by atoms with Crippen LogP contribution >= 0.6 is 24.0 Å². The molecule has 1 unspecified atom stereocenters. The molecule has 1 aromatic heterocycles. The van der Waals surface area contributed by atoms with Crippen LogP contribution in [0.4, 0.5) is 4.39 Å². The van der Waals surface area contributed by atoms with Gasteiger partial charge in [0, 0.05) is 31.5 Å². The summed E-state index contributed by atoms with van der Waals surface area (Å²) in [5, 5.41) is 6.55. The maximum Gasteiger partial charge on any atom is 0.191 e. The molecule has 0 aliphatic carbocycles. The lowest BCUT2D eigenvalue weighted by molar-refractivity contribution is 0.229. The summed E-state index contributed by atoms with van der Waals surface area (Å²) >= 11 is 0. The molecule has 0 radical (unpaired) electrons. The summed E-state index contributed by atoms with van der Waals surface area (Å²) < 4.78 is 18.9. The summed E-state index contributed by atoms with van der Waals surface area (Å²) in [5.74, 6) is 0.951. The second-order valence-corrected chi connectivity index (χ2v) is 6.08. The molecular formula is C20H28FIN4O. The Bertz CT molecular complexity index is 727. The fraction of sp³-hybridized carbons (Fsp3) is 0.400. The Morgan fingerprint density at radius 1 is 1.30 bits per heavy atom. The molecule has 7 heteroatoms. The van der Waals surface area contributed by atoms with Crippen molar-refractivity contribution in [2.75, 3.05) is 19.6 Å². The number of benzene rings is 1. The van der Waals surface area contributed by atoms with Crippen LogP contribution in [0.25, 0.3) is 0 Å². The molecule has 27 heavy (non-hydrogen) atoms. The molecule has 5 nitrogen and oxygen atoms in total. The maximum absolute atomic E-state index is 13.2. The van der Waals surface area contributed by atoms with Gasteiger partial charge in [-0.1, -0.05) is 6.07 Å². The Balaban J connectivity index is 0.00000364. The molecule has 2 aromatic rings. The van der Waals surface area contributed by atoms with E-state index in [1.165, 1.54) is 23.3 Å². The van der Waals surface area contributed by atoms with E-state index in [0.29, 0.717) is 12.3 Å². The minimum Gasteiger partial charge on any atom is -0.489 e. The van der Waals surface area contributed by atoms with Gasteiger partial charge in [-0.3, -0.25) is 4.98 Å². The van der Waals surface area contributed by atoms with E-state index in [-0.39, 0.29) is 35.9 Å². The van der Waals surface area contributed by atoms with Crippen molar-refractivity contribution in [1.29, 1.82) is 0 Å². The second kappa shape index (κ2) is 12.5. The minimum atomic E-state index is -0.306. The molecule has 1 heterocycles. The summed E-state index contributed by atoms with van der Waals surface area (Å²) in [6.07, 6.45) is 4.43. The number of guanidine groups is 1. The number of aliphatic imine (C=N–C) groups is 1. The Morgan fingerprint density at radius 3 is 2.81 bits per heavy atom. The summed E-state index contributed by atoms with van der Waals surface area (Å²) in [6, 6.07) is 8.18. The van der Waals surface area contributed by atoms with Crippen LogP contribution in [0.3, 0.4) is 0 Å². The predicted molar refractivity (Wildman–Crippen MR) is 119 cm³/mol. The molecule has 2 rings (SSSR count). The van der Waals surface area contributed by atoms with Crippen molar-refractivity contribution >= 4 is 29.9 Å². The largest absolute Gasteiger partial charge is 0.489 e. The zero-order valence-electron chi connectivity index (χ0n) is 16.0. The van der Waals surface area contributed by atoms with E-state index in [1.807, 2.05) is 32.3 Å². The third-order valence-corrected chi connectivity index (χ3v) is 3.81. The molecule has 0 aliphatic heterocycles. The number of nitrogens with zero attached hydrogens (tertiary/aromatic N) is 2. The van der Waals surface area contributed by atoms with Crippen molar-refractivity contribution in [3.05, 3.63) is 59.7 Å². The predicted octanol–water partition coefficient (Wildman–Crippen LogP) is 3.71. The molecule has 1 aromatic carbocycles. The van der Waals surface area contributed by atoms with Gasteiger partial charge in [0.2, 0.25) is 0 Å². The van der Waals surface area contributed by atoms with E-state index < -0.39 is 0 Å². The first-order valence-corrected chi connectivity index (χ1v) is 8.92. The van der Waals surface area contributed by atoms with Crippen LogP contribution in [-0.2, 0) is 6.42 Å². The van der Waals surface area contributed by atoms with Gasteiger partial charge in [-0.2, -0.15) is 0 Å². The van der Waals surface area contributed by atoms with Crippen molar-refractivity contribution in [2.45, 2.75) is 33.3 Å². The van der Waals surface area contributed by atoms with Gasteiger partial charge in [0.05, 0.1) is 6.54 Å². The van der Waals surface area contributed by atoms with Gasteiger partial charge in [0.15, 0.2) is 5.96 Å². The average molecular weight is 486 g/mol. The highest BCUT2D eigenvalue weighted by Crippen LogP contribution is 2.13. The highest BCUT2D eigenvalue weighted by Gasteiger charge is 2.06. The smallest absolute Gasteiger partial charge is 0.191 e. The summed E-state index contributed by atoms with van der Waals surface area (Å²) in [4.78, 5) is 8.66. The SMILES string of the molecule is CCNC(=NCC(C)Oc1cccc(F)c1)NCCc1ccncc1C.I. The highest BCUT2D eigenvalue weighted by molar-refractivity contribution is 14.0. The Labute approximate surface area is 177 Å². The van der Waals surface area contributed by atoms with Crippen LogP contribution in [0, 0.1) is 12.7 Å². The van der Waals surface area contributed by atoms with Crippen LogP contribution < -0.4 is 15.4 Å². The first-order chi connectivity index (χ1) is 12.6. The van der Waals surface area contributed by atoms with Gasteiger partial charge in [-0.15, -0.1) is 24.0 Å². The Kier molecular flexibility index (Phi) is 10.7. The number of pyridine rings is 1. The Morgan fingerprint density at radius 2 is 2.11 bits per heavy atom. The molecule has 1 atom stereocenters. The Hall–Kier alpha value is -1.90. The molecule has 0 amide bonds. The van der Waals surface area contributed by atoms with Gasteiger partial charge < -0.3 is 15.4 Å². The van der Waals surface area contributed by atoms with E-state index in [4.69, 9.17) is 4.74 Å². The van der Waals surface area contributed by atoms with Crippen molar-refractivity contribution < 1.29 is 9.13 Å². The van der Waals surface area contributed by atoms with Gasteiger partial charge in [-0.05, 0) is 56.5 Å². The molecule has 2 N–H and O–H groups in total. The fourth-order valence-electron chi connectivity index (χ4n) is 2.47. The van der Waals surface area contributed by atoms with Gasteiger partial charge in [-0.25, -0.2) is 9.38 Å². The highest BCUT2D eigenvalue weighted by atomic mass is 127. The van der Waals surface area contributed by atoms with Crippen molar-refractivity contribution in [2.24, 2.45) is 4.99 Å². The second-order valence-electron chi connectivity index (χ2n) is 6.08.